The molecule has 0 aromatic heterocycles. The molecule has 5 nitrogen and oxygen atoms in total. The summed E-state index contributed by atoms with van der Waals surface area (Å²) < 4.78 is 5.46. The standard InChI is InChI=1S/C19H29N3O2/c1-19(2,3)24-18(23)22-10-8-21(9-11-22)14-17-12-15-6-4-5-7-16(15)13-20-17/h4-7,17,20H,8-14H2,1-3H3/t17-/m1/s1. The number of hydrogen-bond donors (Lipinski definition) is 1. The van der Waals surface area contributed by atoms with Gasteiger partial charge in [-0.1, -0.05) is 24.3 Å². The van der Waals surface area contributed by atoms with Crippen LogP contribution >= 0.6 is 0 Å². The van der Waals surface area contributed by atoms with E-state index in [1.54, 1.807) is 0 Å². The summed E-state index contributed by atoms with van der Waals surface area (Å²) in [5.74, 6) is 0. The Morgan fingerprint density at radius 1 is 1.17 bits per heavy atom. The highest BCUT2D eigenvalue weighted by Gasteiger charge is 2.27. The molecule has 0 saturated carbocycles. The van der Waals surface area contributed by atoms with Gasteiger partial charge in [0.05, 0.1) is 0 Å². The van der Waals surface area contributed by atoms with Gasteiger partial charge in [-0.05, 0) is 38.3 Å². The highest BCUT2D eigenvalue weighted by atomic mass is 16.6. The zero-order chi connectivity index (χ0) is 17.2. The molecule has 132 valence electrons. The number of fused-ring (bicyclic) bond motifs is 1. The van der Waals surface area contributed by atoms with E-state index in [4.69, 9.17) is 4.74 Å². The van der Waals surface area contributed by atoms with Gasteiger partial charge in [-0.25, -0.2) is 4.79 Å². The van der Waals surface area contributed by atoms with E-state index >= 15 is 0 Å². The second kappa shape index (κ2) is 7.11. The normalized spacial score (nSPS) is 22.1. The lowest BCUT2D eigenvalue weighted by Gasteiger charge is -2.38. The van der Waals surface area contributed by atoms with Crippen molar-refractivity contribution in [2.24, 2.45) is 0 Å². The first-order valence-corrected chi connectivity index (χ1v) is 8.91. The van der Waals surface area contributed by atoms with E-state index in [2.05, 4.69) is 34.5 Å². The van der Waals surface area contributed by atoms with Crippen molar-refractivity contribution in [1.82, 2.24) is 15.1 Å². The van der Waals surface area contributed by atoms with Gasteiger partial charge >= 0.3 is 6.09 Å². The molecule has 0 radical (unpaired) electrons. The summed E-state index contributed by atoms with van der Waals surface area (Å²) in [7, 11) is 0. The number of ether oxygens (including phenoxy) is 1. The van der Waals surface area contributed by atoms with Gasteiger partial charge in [-0.3, -0.25) is 4.90 Å². The minimum absolute atomic E-state index is 0.188. The number of rotatable bonds is 2. The minimum atomic E-state index is -0.423. The minimum Gasteiger partial charge on any atom is -0.444 e. The summed E-state index contributed by atoms with van der Waals surface area (Å²) in [6.07, 6.45) is 0.898. The van der Waals surface area contributed by atoms with Gasteiger partial charge in [0.2, 0.25) is 0 Å². The van der Waals surface area contributed by atoms with E-state index in [1.165, 1.54) is 11.1 Å². The molecule has 1 aromatic rings. The van der Waals surface area contributed by atoms with Crippen molar-refractivity contribution in [3.05, 3.63) is 35.4 Å². The van der Waals surface area contributed by atoms with Crippen molar-refractivity contribution in [2.45, 2.75) is 45.4 Å². The van der Waals surface area contributed by atoms with Crippen LogP contribution in [-0.4, -0.2) is 60.3 Å². The maximum atomic E-state index is 12.1. The van der Waals surface area contributed by atoms with Crippen molar-refractivity contribution in [2.75, 3.05) is 32.7 Å². The Balaban J connectivity index is 1.46. The van der Waals surface area contributed by atoms with E-state index < -0.39 is 5.60 Å². The Hall–Kier alpha value is -1.59. The lowest BCUT2D eigenvalue weighted by Crippen LogP contribution is -2.53. The monoisotopic (exact) mass is 331 g/mol. The molecule has 1 amide bonds. The Kier molecular flexibility index (Phi) is 5.11. The maximum absolute atomic E-state index is 12.1. The summed E-state index contributed by atoms with van der Waals surface area (Å²) in [4.78, 5) is 16.4. The Morgan fingerprint density at radius 3 is 2.50 bits per heavy atom. The number of benzene rings is 1. The molecule has 0 unspecified atom stereocenters. The van der Waals surface area contributed by atoms with E-state index in [-0.39, 0.29) is 6.09 Å². The molecule has 5 heteroatoms. The first kappa shape index (κ1) is 17.2. The van der Waals surface area contributed by atoms with Crippen molar-refractivity contribution < 1.29 is 9.53 Å². The molecule has 1 atom stereocenters. The topological polar surface area (TPSA) is 44.8 Å². The third kappa shape index (κ3) is 4.48. The second-order valence-electron chi connectivity index (χ2n) is 7.82. The van der Waals surface area contributed by atoms with Crippen LogP contribution < -0.4 is 5.32 Å². The molecule has 2 aliphatic rings. The number of carbonyl (C=O) groups excluding carboxylic acids is 1. The second-order valence-corrected chi connectivity index (χ2v) is 7.82. The third-order valence-electron chi connectivity index (χ3n) is 4.67. The molecule has 1 aromatic carbocycles. The molecule has 1 fully saturated rings. The van der Waals surface area contributed by atoms with E-state index in [0.29, 0.717) is 6.04 Å². The predicted octanol–water partition coefficient (Wildman–Crippen LogP) is 2.25. The van der Waals surface area contributed by atoms with Crippen molar-refractivity contribution in [3.8, 4) is 0 Å². The molecule has 24 heavy (non-hydrogen) atoms. The number of nitrogens with one attached hydrogen (secondary N) is 1. The Labute approximate surface area is 145 Å². The average molecular weight is 331 g/mol. The molecule has 1 saturated heterocycles. The highest BCUT2D eigenvalue weighted by molar-refractivity contribution is 5.68. The van der Waals surface area contributed by atoms with Crippen LogP contribution in [0.5, 0.6) is 0 Å². The van der Waals surface area contributed by atoms with E-state index in [1.807, 2.05) is 25.7 Å². The van der Waals surface area contributed by atoms with Gasteiger partial charge in [-0.2, -0.15) is 0 Å². The van der Waals surface area contributed by atoms with Crippen LogP contribution in [0.1, 0.15) is 31.9 Å². The largest absolute Gasteiger partial charge is 0.444 e. The number of amides is 1. The van der Waals surface area contributed by atoms with Crippen molar-refractivity contribution in [3.63, 3.8) is 0 Å². The van der Waals surface area contributed by atoms with Gasteiger partial charge in [0.25, 0.3) is 0 Å². The fourth-order valence-electron chi connectivity index (χ4n) is 3.40. The van der Waals surface area contributed by atoms with Gasteiger partial charge in [-0.15, -0.1) is 0 Å². The number of hydrogen-bond acceptors (Lipinski definition) is 4. The summed E-state index contributed by atoms with van der Waals surface area (Å²) in [6.45, 7) is 11.1. The maximum Gasteiger partial charge on any atom is 0.410 e. The summed E-state index contributed by atoms with van der Waals surface area (Å²) in [6, 6.07) is 9.17. The van der Waals surface area contributed by atoms with Gasteiger partial charge in [0.1, 0.15) is 5.60 Å². The molecular weight excluding hydrogens is 302 g/mol. The molecule has 3 rings (SSSR count). The zero-order valence-electron chi connectivity index (χ0n) is 15.0. The summed E-state index contributed by atoms with van der Waals surface area (Å²) >= 11 is 0. The van der Waals surface area contributed by atoms with Crippen LogP contribution in [0, 0.1) is 0 Å². The van der Waals surface area contributed by atoms with Crippen LogP contribution in [0.15, 0.2) is 24.3 Å². The fraction of sp³-hybridized carbons (Fsp3) is 0.632. The summed E-state index contributed by atoms with van der Waals surface area (Å²) in [5.41, 5.74) is 2.46. The van der Waals surface area contributed by atoms with Crippen molar-refractivity contribution >= 4 is 6.09 Å². The first-order valence-electron chi connectivity index (χ1n) is 8.91. The lowest BCUT2D eigenvalue weighted by molar-refractivity contribution is 0.0138. The first-order chi connectivity index (χ1) is 11.4. The van der Waals surface area contributed by atoms with Gasteiger partial charge in [0, 0.05) is 45.3 Å². The van der Waals surface area contributed by atoms with E-state index in [9.17, 15) is 4.79 Å². The van der Waals surface area contributed by atoms with Gasteiger partial charge < -0.3 is 15.0 Å². The molecule has 0 aliphatic carbocycles. The van der Waals surface area contributed by atoms with Crippen LogP contribution in [0.3, 0.4) is 0 Å². The number of nitrogens with zero attached hydrogens (tertiary/aromatic N) is 2. The number of piperazine rings is 1. The lowest BCUT2D eigenvalue weighted by atomic mass is 9.95. The molecule has 1 N–H and O–H groups in total. The Bertz CT molecular complexity index is 574. The third-order valence-corrected chi connectivity index (χ3v) is 4.67. The molecule has 2 heterocycles. The Morgan fingerprint density at radius 2 is 1.83 bits per heavy atom. The quantitative estimate of drug-likeness (QED) is 0.903. The predicted molar refractivity (Wildman–Crippen MR) is 95.0 cm³/mol. The van der Waals surface area contributed by atoms with E-state index in [0.717, 1.165) is 45.7 Å². The fourth-order valence-corrected chi connectivity index (χ4v) is 3.40. The average Bonchev–Trinajstić information content (AvgIpc) is 2.54. The highest BCUT2D eigenvalue weighted by Crippen LogP contribution is 2.17. The smallest absolute Gasteiger partial charge is 0.410 e. The molecular formula is C19H29N3O2. The molecule has 0 spiro atoms. The van der Waals surface area contributed by atoms with Gasteiger partial charge in [0.15, 0.2) is 0 Å². The summed E-state index contributed by atoms with van der Waals surface area (Å²) in [5, 5.41) is 3.64. The molecule has 2 aliphatic heterocycles. The van der Waals surface area contributed by atoms with Crippen LogP contribution in [0.25, 0.3) is 0 Å². The van der Waals surface area contributed by atoms with Crippen LogP contribution in [0.4, 0.5) is 4.79 Å². The van der Waals surface area contributed by atoms with Crippen LogP contribution in [0.2, 0.25) is 0 Å². The van der Waals surface area contributed by atoms with Crippen LogP contribution in [-0.2, 0) is 17.7 Å². The van der Waals surface area contributed by atoms with Crippen molar-refractivity contribution in [1.29, 1.82) is 0 Å². The zero-order valence-corrected chi connectivity index (χ0v) is 15.0. The number of carbonyl (C=O) groups is 1. The SMILES string of the molecule is CC(C)(C)OC(=O)N1CCN(C[C@H]2Cc3ccccc3CN2)CC1. The molecule has 0 bridgehead atoms.